The summed E-state index contributed by atoms with van der Waals surface area (Å²) in [5, 5.41) is 8.45. The Balaban J connectivity index is 3.03. The maximum Gasteiger partial charge on any atom is 0.303 e. The molecule has 2 nitrogen and oxygen atoms in total. The maximum atomic E-state index is 10.2. The first-order valence-electron chi connectivity index (χ1n) is 6.22. The van der Waals surface area contributed by atoms with E-state index in [0.717, 1.165) is 18.6 Å². The number of unbranched alkanes of at least 4 members (excludes halogenated alkanes) is 5. The van der Waals surface area contributed by atoms with Crippen molar-refractivity contribution in [2.75, 3.05) is 11.5 Å². The molecule has 0 aromatic carbocycles. The van der Waals surface area contributed by atoms with Crippen LogP contribution < -0.4 is 0 Å². The lowest BCUT2D eigenvalue weighted by Crippen LogP contribution is -1.93. The molecule has 0 spiro atoms. The Bertz CT molecular complexity index is 190. The molecule has 0 aliphatic carbocycles. The van der Waals surface area contributed by atoms with Gasteiger partial charge in [0, 0.05) is 12.2 Å². The molecule has 3 heteroatoms. The highest BCUT2D eigenvalue weighted by molar-refractivity contribution is 7.99. The van der Waals surface area contributed by atoms with Gasteiger partial charge in [0.1, 0.15) is 0 Å². The van der Waals surface area contributed by atoms with Gasteiger partial charge in [0.05, 0.1) is 0 Å². The standard InChI is InChI=1S/C13H24O2S/c1-2-16-12-10-8-6-4-3-5-7-9-11-13(14)15/h8,10H,2-7,9,11-12H2,1H3,(H,14,15)/b10-8-. The lowest BCUT2D eigenvalue weighted by Gasteiger charge is -1.98. The van der Waals surface area contributed by atoms with Crippen LogP contribution in [0.1, 0.15) is 51.9 Å². The van der Waals surface area contributed by atoms with E-state index < -0.39 is 5.97 Å². The minimum atomic E-state index is -0.670. The molecule has 0 saturated heterocycles. The molecule has 0 unspecified atom stereocenters. The zero-order valence-electron chi connectivity index (χ0n) is 10.3. The number of rotatable bonds is 11. The molecular formula is C13H24O2S. The predicted molar refractivity (Wildman–Crippen MR) is 72.1 cm³/mol. The first-order valence-corrected chi connectivity index (χ1v) is 7.37. The van der Waals surface area contributed by atoms with E-state index in [1.54, 1.807) is 0 Å². The van der Waals surface area contributed by atoms with Crippen LogP contribution in [0.25, 0.3) is 0 Å². The van der Waals surface area contributed by atoms with Gasteiger partial charge in [-0.2, -0.15) is 11.8 Å². The topological polar surface area (TPSA) is 37.3 Å². The van der Waals surface area contributed by atoms with Gasteiger partial charge in [0.2, 0.25) is 0 Å². The van der Waals surface area contributed by atoms with Crippen LogP contribution in [0.5, 0.6) is 0 Å². The Morgan fingerprint density at radius 3 is 2.50 bits per heavy atom. The third kappa shape index (κ3) is 13.6. The molecule has 0 amide bonds. The zero-order chi connectivity index (χ0) is 12.1. The summed E-state index contributed by atoms with van der Waals surface area (Å²) in [6, 6.07) is 0. The third-order valence-electron chi connectivity index (χ3n) is 2.35. The normalized spacial score (nSPS) is 11.1. The third-order valence-corrected chi connectivity index (χ3v) is 3.18. The van der Waals surface area contributed by atoms with E-state index in [1.807, 2.05) is 11.8 Å². The molecule has 16 heavy (non-hydrogen) atoms. The van der Waals surface area contributed by atoms with Crippen molar-refractivity contribution in [2.24, 2.45) is 0 Å². The minimum absolute atomic E-state index is 0.328. The van der Waals surface area contributed by atoms with Crippen molar-refractivity contribution in [1.29, 1.82) is 0 Å². The van der Waals surface area contributed by atoms with Crippen molar-refractivity contribution in [3.05, 3.63) is 12.2 Å². The van der Waals surface area contributed by atoms with Crippen LogP contribution in [0.4, 0.5) is 0 Å². The molecule has 0 aromatic heterocycles. The Labute approximate surface area is 104 Å². The quantitative estimate of drug-likeness (QED) is 0.439. The molecule has 0 radical (unpaired) electrons. The van der Waals surface area contributed by atoms with Crippen molar-refractivity contribution in [1.82, 2.24) is 0 Å². The number of carbonyl (C=O) groups is 1. The monoisotopic (exact) mass is 244 g/mol. The number of aliphatic carboxylic acids is 1. The van der Waals surface area contributed by atoms with Crippen LogP contribution in [0.15, 0.2) is 12.2 Å². The van der Waals surface area contributed by atoms with E-state index in [4.69, 9.17) is 5.11 Å². The summed E-state index contributed by atoms with van der Waals surface area (Å²) in [4.78, 5) is 10.2. The van der Waals surface area contributed by atoms with E-state index in [2.05, 4.69) is 19.1 Å². The summed E-state index contributed by atoms with van der Waals surface area (Å²) in [6.07, 6.45) is 11.5. The second kappa shape index (κ2) is 12.6. The summed E-state index contributed by atoms with van der Waals surface area (Å²) in [7, 11) is 0. The molecule has 0 aliphatic heterocycles. The Kier molecular flexibility index (Phi) is 12.3. The van der Waals surface area contributed by atoms with Gasteiger partial charge >= 0.3 is 5.97 Å². The number of hydrogen-bond donors (Lipinski definition) is 1. The number of carboxylic acid groups (broad SMARTS) is 1. The first kappa shape index (κ1) is 15.6. The van der Waals surface area contributed by atoms with Crippen LogP contribution in [-0.2, 0) is 4.79 Å². The van der Waals surface area contributed by atoms with Crippen LogP contribution in [0.2, 0.25) is 0 Å². The number of hydrogen-bond acceptors (Lipinski definition) is 2. The summed E-state index contributed by atoms with van der Waals surface area (Å²) < 4.78 is 0. The summed E-state index contributed by atoms with van der Waals surface area (Å²) >= 11 is 1.94. The van der Waals surface area contributed by atoms with E-state index in [1.165, 1.54) is 31.4 Å². The van der Waals surface area contributed by atoms with Crippen LogP contribution in [0, 0.1) is 0 Å². The summed E-state index contributed by atoms with van der Waals surface area (Å²) in [5.74, 6) is 1.65. The zero-order valence-corrected chi connectivity index (χ0v) is 11.1. The van der Waals surface area contributed by atoms with Crippen molar-refractivity contribution in [2.45, 2.75) is 51.9 Å². The molecule has 0 heterocycles. The van der Waals surface area contributed by atoms with E-state index in [0.29, 0.717) is 6.42 Å². The van der Waals surface area contributed by atoms with Crippen molar-refractivity contribution in [3.8, 4) is 0 Å². The highest BCUT2D eigenvalue weighted by Gasteiger charge is 1.95. The highest BCUT2D eigenvalue weighted by Crippen LogP contribution is 2.08. The summed E-state index contributed by atoms with van der Waals surface area (Å²) in [5.41, 5.74) is 0. The molecule has 0 aromatic rings. The van der Waals surface area contributed by atoms with Gasteiger partial charge in [-0.25, -0.2) is 0 Å². The Morgan fingerprint density at radius 2 is 1.81 bits per heavy atom. The van der Waals surface area contributed by atoms with Gasteiger partial charge in [-0.05, 0) is 25.0 Å². The van der Waals surface area contributed by atoms with Gasteiger partial charge in [0.25, 0.3) is 0 Å². The van der Waals surface area contributed by atoms with E-state index in [-0.39, 0.29) is 0 Å². The molecule has 0 saturated carbocycles. The molecule has 0 atom stereocenters. The van der Waals surface area contributed by atoms with Gasteiger partial charge in [-0.1, -0.05) is 38.3 Å². The second-order valence-electron chi connectivity index (χ2n) is 3.83. The lowest BCUT2D eigenvalue weighted by atomic mass is 10.1. The predicted octanol–water partition coefficient (Wildman–Crippen LogP) is 4.11. The van der Waals surface area contributed by atoms with E-state index >= 15 is 0 Å². The molecule has 0 fully saturated rings. The smallest absolute Gasteiger partial charge is 0.303 e. The van der Waals surface area contributed by atoms with Gasteiger partial charge < -0.3 is 5.11 Å². The Hall–Kier alpha value is -0.440. The fraction of sp³-hybridized carbons (Fsp3) is 0.769. The van der Waals surface area contributed by atoms with Crippen molar-refractivity contribution < 1.29 is 9.90 Å². The largest absolute Gasteiger partial charge is 0.481 e. The lowest BCUT2D eigenvalue weighted by molar-refractivity contribution is -0.137. The van der Waals surface area contributed by atoms with Crippen LogP contribution in [0.3, 0.4) is 0 Å². The van der Waals surface area contributed by atoms with Gasteiger partial charge in [0.15, 0.2) is 0 Å². The molecule has 0 rings (SSSR count). The molecule has 0 aliphatic rings. The Morgan fingerprint density at radius 1 is 1.12 bits per heavy atom. The molecule has 0 bridgehead atoms. The van der Waals surface area contributed by atoms with Gasteiger partial charge in [-0.15, -0.1) is 0 Å². The van der Waals surface area contributed by atoms with Crippen LogP contribution >= 0.6 is 11.8 Å². The molecule has 1 N–H and O–H groups in total. The average Bonchev–Trinajstić information content (AvgIpc) is 2.25. The number of allylic oxidation sites excluding steroid dienone is 1. The fourth-order valence-corrected chi connectivity index (χ4v) is 1.95. The molecule has 94 valence electrons. The fourth-order valence-electron chi connectivity index (χ4n) is 1.44. The van der Waals surface area contributed by atoms with Crippen LogP contribution in [-0.4, -0.2) is 22.6 Å². The molecular weight excluding hydrogens is 220 g/mol. The van der Waals surface area contributed by atoms with Crippen molar-refractivity contribution >= 4 is 17.7 Å². The van der Waals surface area contributed by atoms with E-state index in [9.17, 15) is 4.79 Å². The SMILES string of the molecule is CCSC/C=C\CCCCCCCC(=O)O. The van der Waals surface area contributed by atoms with Gasteiger partial charge in [-0.3, -0.25) is 4.79 Å². The second-order valence-corrected chi connectivity index (χ2v) is 5.15. The average molecular weight is 244 g/mol. The summed E-state index contributed by atoms with van der Waals surface area (Å²) in [6.45, 7) is 2.18. The number of thioether (sulfide) groups is 1. The number of carboxylic acids is 1. The maximum absolute atomic E-state index is 10.2. The highest BCUT2D eigenvalue weighted by atomic mass is 32.2. The van der Waals surface area contributed by atoms with Crippen molar-refractivity contribution in [3.63, 3.8) is 0 Å². The minimum Gasteiger partial charge on any atom is -0.481 e. The first-order chi connectivity index (χ1) is 7.77.